The zero-order valence-corrected chi connectivity index (χ0v) is 11.9. The number of carboxylic acids is 1. The summed E-state index contributed by atoms with van der Waals surface area (Å²) < 4.78 is 10.4. The fraction of sp³-hybridized carbons (Fsp3) is 0.188. The van der Waals surface area contributed by atoms with Crippen LogP contribution in [0.1, 0.15) is 15.9 Å². The quantitative estimate of drug-likeness (QED) is 0.875. The minimum Gasteiger partial charge on any atom is -0.545 e. The van der Waals surface area contributed by atoms with E-state index in [9.17, 15) is 9.90 Å². The zero-order chi connectivity index (χ0) is 15.2. The molecule has 110 valence electrons. The first-order chi connectivity index (χ1) is 10.2. The van der Waals surface area contributed by atoms with Crippen molar-refractivity contribution >= 4 is 11.7 Å². The van der Waals surface area contributed by atoms with Gasteiger partial charge in [-0.2, -0.15) is 0 Å². The van der Waals surface area contributed by atoms with E-state index in [-0.39, 0.29) is 5.56 Å². The number of carbonyl (C=O) groups excluding carboxylic acids is 1. The van der Waals surface area contributed by atoms with Crippen LogP contribution in [-0.2, 0) is 6.54 Å². The Labute approximate surface area is 123 Å². The topological polar surface area (TPSA) is 70.6 Å². The molecule has 0 amide bonds. The van der Waals surface area contributed by atoms with Crippen molar-refractivity contribution in [1.82, 2.24) is 0 Å². The van der Waals surface area contributed by atoms with Crippen molar-refractivity contribution in [2.75, 3.05) is 19.5 Å². The van der Waals surface area contributed by atoms with Gasteiger partial charge in [-0.3, -0.25) is 0 Å². The molecule has 0 spiro atoms. The fourth-order valence-corrected chi connectivity index (χ4v) is 2.00. The smallest absolute Gasteiger partial charge is 0.161 e. The summed E-state index contributed by atoms with van der Waals surface area (Å²) in [7, 11) is 3.15. The number of hydrogen-bond donors (Lipinski definition) is 1. The molecule has 0 atom stereocenters. The van der Waals surface area contributed by atoms with Gasteiger partial charge in [-0.15, -0.1) is 0 Å². The number of methoxy groups -OCH3 is 2. The molecular formula is C16H16NO4-. The third-order valence-corrected chi connectivity index (χ3v) is 3.08. The Morgan fingerprint density at radius 1 is 1.10 bits per heavy atom. The lowest BCUT2D eigenvalue weighted by atomic mass is 10.1. The Bertz CT molecular complexity index is 640. The average molecular weight is 286 g/mol. The Morgan fingerprint density at radius 2 is 1.81 bits per heavy atom. The number of para-hydroxylation sites is 1. The molecule has 0 aliphatic carbocycles. The zero-order valence-electron chi connectivity index (χ0n) is 11.9. The van der Waals surface area contributed by atoms with E-state index in [1.165, 1.54) is 6.07 Å². The van der Waals surface area contributed by atoms with Gasteiger partial charge in [0.2, 0.25) is 0 Å². The number of carbonyl (C=O) groups is 1. The van der Waals surface area contributed by atoms with Gasteiger partial charge in [0.1, 0.15) is 0 Å². The molecule has 1 N–H and O–H groups in total. The van der Waals surface area contributed by atoms with E-state index in [0.717, 1.165) is 5.56 Å². The number of ether oxygens (including phenoxy) is 2. The first-order valence-corrected chi connectivity index (χ1v) is 6.41. The third kappa shape index (κ3) is 3.45. The van der Waals surface area contributed by atoms with E-state index < -0.39 is 5.97 Å². The summed E-state index contributed by atoms with van der Waals surface area (Å²) >= 11 is 0. The summed E-state index contributed by atoms with van der Waals surface area (Å²) in [6.07, 6.45) is 0. The van der Waals surface area contributed by atoms with Crippen LogP contribution in [0, 0.1) is 0 Å². The van der Waals surface area contributed by atoms with E-state index in [0.29, 0.717) is 23.7 Å². The van der Waals surface area contributed by atoms with E-state index in [2.05, 4.69) is 5.32 Å². The van der Waals surface area contributed by atoms with Crippen LogP contribution >= 0.6 is 0 Å². The average Bonchev–Trinajstić information content (AvgIpc) is 2.52. The lowest BCUT2D eigenvalue weighted by molar-refractivity contribution is -0.254. The van der Waals surface area contributed by atoms with E-state index in [1.807, 2.05) is 12.1 Å². The molecule has 0 saturated carbocycles. The molecule has 0 radical (unpaired) electrons. The monoisotopic (exact) mass is 286 g/mol. The van der Waals surface area contributed by atoms with Gasteiger partial charge in [-0.05, 0) is 23.8 Å². The van der Waals surface area contributed by atoms with Crippen molar-refractivity contribution in [3.8, 4) is 11.5 Å². The summed E-state index contributed by atoms with van der Waals surface area (Å²) in [4.78, 5) is 11.0. The van der Waals surface area contributed by atoms with Crippen LogP contribution in [0.4, 0.5) is 5.69 Å². The van der Waals surface area contributed by atoms with Crippen molar-refractivity contribution < 1.29 is 19.4 Å². The van der Waals surface area contributed by atoms with Gasteiger partial charge in [0, 0.05) is 17.8 Å². The van der Waals surface area contributed by atoms with Crippen molar-refractivity contribution in [1.29, 1.82) is 0 Å². The molecule has 5 heteroatoms. The highest BCUT2D eigenvalue weighted by Crippen LogP contribution is 2.28. The predicted octanol–water partition coefficient (Wildman–Crippen LogP) is 1.68. The molecule has 0 saturated heterocycles. The van der Waals surface area contributed by atoms with Crippen LogP contribution < -0.4 is 19.9 Å². The van der Waals surface area contributed by atoms with E-state index >= 15 is 0 Å². The molecule has 0 heterocycles. The van der Waals surface area contributed by atoms with Crippen molar-refractivity contribution in [3.05, 3.63) is 53.6 Å². The standard InChI is InChI=1S/C16H17NO4/c1-20-14-8-7-11(9-15(14)21-2)10-17-13-6-4-3-5-12(13)16(18)19/h3-9,17H,10H2,1-2H3,(H,18,19)/p-1. The molecule has 0 aliphatic rings. The molecule has 0 unspecified atom stereocenters. The molecule has 0 fully saturated rings. The van der Waals surface area contributed by atoms with Gasteiger partial charge in [0.15, 0.2) is 11.5 Å². The number of carboxylic acid groups (broad SMARTS) is 1. The molecule has 0 bridgehead atoms. The highest BCUT2D eigenvalue weighted by Gasteiger charge is 2.06. The maximum Gasteiger partial charge on any atom is 0.161 e. The third-order valence-electron chi connectivity index (χ3n) is 3.08. The summed E-state index contributed by atoms with van der Waals surface area (Å²) in [5.41, 5.74) is 1.60. The molecule has 0 aliphatic heterocycles. The van der Waals surface area contributed by atoms with Crippen LogP contribution in [0.5, 0.6) is 11.5 Å². The van der Waals surface area contributed by atoms with Crippen LogP contribution in [0.25, 0.3) is 0 Å². The molecule has 2 aromatic rings. The summed E-state index contributed by atoms with van der Waals surface area (Å²) in [5.74, 6) is 0.0757. The summed E-state index contributed by atoms with van der Waals surface area (Å²) in [5, 5.41) is 14.1. The maximum absolute atomic E-state index is 11.0. The Kier molecular flexibility index (Phi) is 4.66. The van der Waals surface area contributed by atoms with Crippen LogP contribution in [-0.4, -0.2) is 20.2 Å². The number of anilines is 1. The van der Waals surface area contributed by atoms with Crippen molar-refractivity contribution in [3.63, 3.8) is 0 Å². The van der Waals surface area contributed by atoms with Gasteiger partial charge in [-0.1, -0.05) is 24.3 Å². The number of rotatable bonds is 6. The van der Waals surface area contributed by atoms with Gasteiger partial charge < -0.3 is 24.7 Å². The number of hydrogen-bond acceptors (Lipinski definition) is 5. The summed E-state index contributed by atoms with van der Waals surface area (Å²) in [6.45, 7) is 0.463. The van der Waals surface area contributed by atoms with Crippen LogP contribution in [0.3, 0.4) is 0 Å². The van der Waals surface area contributed by atoms with Gasteiger partial charge >= 0.3 is 0 Å². The first-order valence-electron chi connectivity index (χ1n) is 6.41. The van der Waals surface area contributed by atoms with Gasteiger partial charge in [0.05, 0.1) is 20.2 Å². The SMILES string of the molecule is COc1ccc(CNc2ccccc2C(=O)[O-])cc1OC. The van der Waals surface area contributed by atoms with Gasteiger partial charge in [-0.25, -0.2) is 0 Å². The van der Waals surface area contributed by atoms with E-state index in [1.54, 1.807) is 38.5 Å². The largest absolute Gasteiger partial charge is 0.545 e. The van der Waals surface area contributed by atoms with Crippen molar-refractivity contribution in [2.45, 2.75) is 6.54 Å². The van der Waals surface area contributed by atoms with Crippen LogP contribution in [0.15, 0.2) is 42.5 Å². The Balaban J connectivity index is 2.15. The fourth-order valence-electron chi connectivity index (χ4n) is 2.00. The summed E-state index contributed by atoms with van der Waals surface area (Å²) in [6, 6.07) is 12.2. The normalized spacial score (nSPS) is 10.0. The molecule has 0 aromatic heterocycles. The van der Waals surface area contributed by atoms with Crippen LogP contribution in [0.2, 0.25) is 0 Å². The number of aromatic carboxylic acids is 1. The lowest BCUT2D eigenvalue weighted by Crippen LogP contribution is -2.23. The molecule has 21 heavy (non-hydrogen) atoms. The molecular weight excluding hydrogens is 270 g/mol. The maximum atomic E-state index is 11.0. The second-order valence-corrected chi connectivity index (χ2v) is 4.38. The molecule has 2 aromatic carbocycles. The van der Waals surface area contributed by atoms with Crippen molar-refractivity contribution in [2.24, 2.45) is 0 Å². The molecule has 5 nitrogen and oxygen atoms in total. The predicted molar refractivity (Wildman–Crippen MR) is 77.6 cm³/mol. The highest BCUT2D eigenvalue weighted by atomic mass is 16.5. The minimum absolute atomic E-state index is 0.137. The Morgan fingerprint density at radius 3 is 2.48 bits per heavy atom. The minimum atomic E-state index is -1.20. The highest BCUT2D eigenvalue weighted by molar-refractivity contribution is 5.92. The number of benzene rings is 2. The molecule has 2 rings (SSSR count). The lowest BCUT2D eigenvalue weighted by Gasteiger charge is -2.14. The van der Waals surface area contributed by atoms with Gasteiger partial charge in [0.25, 0.3) is 0 Å². The second-order valence-electron chi connectivity index (χ2n) is 4.38. The van der Waals surface area contributed by atoms with E-state index in [4.69, 9.17) is 9.47 Å². The first kappa shape index (κ1) is 14.7. The number of nitrogens with one attached hydrogen (secondary N) is 1. The second kappa shape index (κ2) is 6.65. The Hall–Kier alpha value is -2.69.